The van der Waals surface area contributed by atoms with Crippen LogP contribution >= 0.6 is 0 Å². The maximum absolute atomic E-state index is 13.6. The molecule has 4 nitrogen and oxygen atoms in total. The molecule has 2 aliphatic carbocycles. The molecule has 0 saturated heterocycles. The van der Waals surface area contributed by atoms with Crippen LogP contribution in [0.3, 0.4) is 0 Å². The summed E-state index contributed by atoms with van der Waals surface area (Å²) in [5.74, 6) is -5.34. The van der Waals surface area contributed by atoms with Gasteiger partial charge < -0.3 is 10.4 Å². The standard InChI is InChI=1S/C10H12F2N2O2/c11-10(12,9(16)2-1-3-9)7(15)14-8(6-13)4-5-8/h16H,1-5H2,(H,14,15). The van der Waals surface area contributed by atoms with Crippen LogP contribution in [0.1, 0.15) is 32.1 Å². The van der Waals surface area contributed by atoms with E-state index in [1.54, 1.807) is 6.07 Å². The molecule has 0 heterocycles. The Morgan fingerprint density at radius 3 is 2.25 bits per heavy atom. The van der Waals surface area contributed by atoms with Gasteiger partial charge in [0.25, 0.3) is 5.91 Å². The van der Waals surface area contributed by atoms with E-state index in [1.165, 1.54) is 0 Å². The minimum Gasteiger partial charge on any atom is -0.383 e. The molecule has 0 spiro atoms. The first kappa shape index (κ1) is 11.3. The van der Waals surface area contributed by atoms with Crippen molar-refractivity contribution in [3.8, 4) is 6.07 Å². The van der Waals surface area contributed by atoms with Crippen LogP contribution < -0.4 is 5.32 Å². The van der Waals surface area contributed by atoms with Crippen molar-refractivity contribution in [1.29, 1.82) is 5.26 Å². The molecule has 0 bridgehead atoms. The second kappa shape index (κ2) is 3.14. The lowest BCUT2D eigenvalue weighted by atomic mass is 9.75. The number of alkyl halides is 2. The zero-order valence-electron chi connectivity index (χ0n) is 8.59. The summed E-state index contributed by atoms with van der Waals surface area (Å²) >= 11 is 0. The van der Waals surface area contributed by atoms with Crippen LogP contribution in [0.25, 0.3) is 0 Å². The molecule has 16 heavy (non-hydrogen) atoms. The van der Waals surface area contributed by atoms with Gasteiger partial charge in [0, 0.05) is 0 Å². The molecule has 2 saturated carbocycles. The summed E-state index contributed by atoms with van der Waals surface area (Å²) in [6.07, 6.45) is 1.12. The van der Waals surface area contributed by atoms with Crippen molar-refractivity contribution in [2.45, 2.75) is 49.2 Å². The fourth-order valence-electron chi connectivity index (χ4n) is 1.72. The van der Waals surface area contributed by atoms with Crippen LogP contribution in [0.5, 0.6) is 0 Å². The highest BCUT2D eigenvalue weighted by Gasteiger charge is 2.63. The zero-order chi connectivity index (χ0) is 12.0. The monoisotopic (exact) mass is 230 g/mol. The van der Waals surface area contributed by atoms with E-state index in [0.29, 0.717) is 19.3 Å². The van der Waals surface area contributed by atoms with E-state index in [-0.39, 0.29) is 12.8 Å². The Morgan fingerprint density at radius 1 is 1.38 bits per heavy atom. The molecule has 0 atom stereocenters. The third-order valence-electron chi connectivity index (χ3n) is 3.37. The van der Waals surface area contributed by atoms with E-state index in [4.69, 9.17) is 5.26 Å². The average molecular weight is 230 g/mol. The summed E-state index contributed by atoms with van der Waals surface area (Å²) in [5.41, 5.74) is -3.34. The lowest BCUT2D eigenvalue weighted by Crippen LogP contribution is -2.62. The normalized spacial score (nSPS) is 25.1. The molecule has 0 unspecified atom stereocenters. The second-order valence-electron chi connectivity index (χ2n) is 4.61. The maximum Gasteiger partial charge on any atom is 0.352 e. The van der Waals surface area contributed by atoms with E-state index in [1.807, 2.05) is 5.32 Å². The Bertz CT molecular complexity index is 368. The maximum atomic E-state index is 13.6. The fourth-order valence-corrected chi connectivity index (χ4v) is 1.72. The molecule has 0 aromatic rings. The molecule has 0 aromatic heterocycles. The Balaban J connectivity index is 2.07. The molecular formula is C10H12F2N2O2. The SMILES string of the molecule is N#CC1(NC(=O)C(F)(F)C2(O)CCC2)CC1. The number of carbonyl (C=O) groups excluding carboxylic acids is 1. The first-order valence-corrected chi connectivity index (χ1v) is 5.19. The third kappa shape index (κ3) is 1.47. The van der Waals surface area contributed by atoms with E-state index in [2.05, 4.69) is 0 Å². The van der Waals surface area contributed by atoms with Crippen LogP contribution in [-0.2, 0) is 4.79 Å². The number of aliphatic hydroxyl groups is 1. The zero-order valence-corrected chi connectivity index (χ0v) is 8.59. The van der Waals surface area contributed by atoms with Crippen molar-refractivity contribution in [2.24, 2.45) is 0 Å². The largest absolute Gasteiger partial charge is 0.383 e. The smallest absolute Gasteiger partial charge is 0.352 e. The lowest BCUT2D eigenvalue weighted by Gasteiger charge is -2.41. The van der Waals surface area contributed by atoms with E-state index in [9.17, 15) is 18.7 Å². The number of hydrogen-bond acceptors (Lipinski definition) is 3. The summed E-state index contributed by atoms with van der Waals surface area (Å²) in [6, 6.07) is 1.80. The van der Waals surface area contributed by atoms with E-state index < -0.39 is 23.0 Å². The Hall–Kier alpha value is -1.22. The number of halogens is 2. The van der Waals surface area contributed by atoms with Gasteiger partial charge in [-0.3, -0.25) is 4.79 Å². The molecule has 2 rings (SSSR count). The van der Waals surface area contributed by atoms with Gasteiger partial charge in [0.05, 0.1) is 6.07 Å². The Kier molecular flexibility index (Phi) is 2.21. The summed E-state index contributed by atoms with van der Waals surface area (Å²) in [6.45, 7) is 0. The van der Waals surface area contributed by atoms with Crippen molar-refractivity contribution < 1.29 is 18.7 Å². The minimum absolute atomic E-state index is 0.0764. The van der Waals surface area contributed by atoms with Crippen molar-refractivity contribution in [3.63, 3.8) is 0 Å². The van der Waals surface area contributed by atoms with Crippen molar-refractivity contribution in [3.05, 3.63) is 0 Å². The van der Waals surface area contributed by atoms with Gasteiger partial charge in [0.1, 0.15) is 11.1 Å². The fraction of sp³-hybridized carbons (Fsp3) is 0.800. The first-order chi connectivity index (χ1) is 7.35. The molecule has 88 valence electrons. The van der Waals surface area contributed by atoms with E-state index in [0.717, 1.165) is 0 Å². The number of hydrogen-bond donors (Lipinski definition) is 2. The molecule has 0 radical (unpaired) electrons. The van der Waals surface area contributed by atoms with Crippen molar-refractivity contribution in [2.75, 3.05) is 0 Å². The lowest BCUT2D eigenvalue weighted by molar-refractivity contribution is -0.216. The second-order valence-corrected chi connectivity index (χ2v) is 4.61. The number of nitrogens with one attached hydrogen (secondary N) is 1. The number of carbonyl (C=O) groups is 1. The summed E-state index contributed by atoms with van der Waals surface area (Å²) in [7, 11) is 0. The highest BCUT2D eigenvalue weighted by molar-refractivity contribution is 5.86. The van der Waals surface area contributed by atoms with Crippen molar-refractivity contribution >= 4 is 5.91 Å². The summed E-state index contributed by atoms with van der Waals surface area (Å²) in [5, 5.41) is 20.2. The third-order valence-corrected chi connectivity index (χ3v) is 3.37. The van der Waals surface area contributed by atoms with Gasteiger partial charge in [-0.2, -0.15) is 14.0 Å². The highest BCUT2D eigenvalue weighted by atomic mass is 19.3. The molecule has 1 amide bonds. The number of rotatable bonds is 3. The van der Waals surface area contributed by atoms with Gasteiger partial charge in [-0.15, -0.1) is 0 Å². The van der Waals surface area contributed by atoms with E-state index >= 15 is 0 Å². The quantitative estimate of drug-likeness (QED) is 0.749. The molecule has 0 aliphatic heterocycles. The molecule has 2 aliphatic rings. The van der Waals surface area contributed by atoms with Crippen molar-refractivity contribution in [1.82, 2.24) is 5.32 Å². The number of nitriles is 1. The summed E-state index contributed by atoms with van der Waals surface area (Å²) < 4.78 is 27.1. The van der Waals surface area contributed by atoms with Crippen LogP contribution in [-0.4, -0.2) is 28.1 Å². The predicted molar refractivity (Wildman–Crippen MR) is 49.5 cm³/mol. The average Bonchev–Trinajstić information content (AvgIpc) is 2.94. The highest BCUT2D eigenvalue weighted by Crippen LogP contribution is 2.45. The Morgan fingerprint density at radius 2 is 1.94 bits per heavy atom. The van der Waals surface area contributed by atoms with Crippen LogP contribution in [0.4, 0.5) is 8.78 Å². The topological polar surface area (TPSA) is 73.1 Å². The number of amides is 1. The van der Waals surface area contributed by atoms with Gasteiger partial charge in [-0.25, -0.2) is 0 Å². The predicted octanol–water partition coefficient (Wildman–Crippen LogP) is 0.709. The minimum atomic E-state index is -3.81. The van der Waals surface area contributed by atoms with Gasteiger partial charge >= 0.3 is 5.92 Å². The van der Waals surface area contributed by atoms with Gasteiger partial charge in [0.2, 0.25) is 0 Å². The van der Waals surface area contributed by atoms with Gasteiger partial charge in [-0.1, -0.05) is 0 Å². The van der Waals surface area contributed by atoms with Crippen LogP contribution in [0.15, 0.2) is 0 Å². The molecule has 0 aromatic carbocycles. The van der Waals surface area contributed by atoms with Gasteiger partial charge in [0.15, 0.2) is 0 Å². The molecular weight excluding hydrogens is 218 g/mol. The first-order valence-electron chi connectivity index (χ1n) is 5.19. The van der Waals surface area contributed by atoms with Crippen LogP contribution in [0, 0.1) is 11.3 Å². The molecule has 6 heteroatoms. The number of nitrogens with zero attached hydrogens (tertiary/aromatic N) is 1. The van der Waals surface area contributed by atoms with Crippen LogP contribution in [0.2, 0.25) is 0 Å². The molecule has 2 N–H and O–H groups in total. The van der Waals surface area contributed by atoms with Gasteiger partial charge in [-0.05, 0) is 32.1 Å². The molecule has 2 fully saturated rings. The Labute approximate surface area is 91.2 Å². The summed E-state index contributed by atoms with van der Waals surface area (Å²) in [4.78, 5) is 11.3.